The molecule has 0 saturated carbocycles. The average Bonchev–Trinajstić information content (AvgIpc) is 2.77. The zero-order chi connectivity index (χ0) is 20.6. The molecule has 0 atom stereocenters. The molecule has 0 saturated heterocycles. The minimum atomic E-state index is 0.266. The molecule has 0 fully saturated rings. The van der Waals surface area contributed by atoms with E-state index in [0.717, 1.165) is 22.3 Å². The molecule has 0 heterocycles. The van der Waals surface area contributed by atoms with Crippen molar-refractivity contribution in [1.82, 2.24) is 0 Å². The van der Waals surface area contributed by atoms with Gasteiger partial charge in [-0.25, -0.2) is 0 Å². The van der Waals surface area contributed by atoms with Gasteiger partial charge >= 0.3 is 0 Å². The maximum Gasteiger partial charge on any atom is 0.161 e. The molecule has 3 aromatic carbocycles. The summed E-state index contributed by atoms with van der Waals surface area (Å²) in [6, 6.07) is 25.1. The Balaban J connectivity index is 1.84. The Bertz CT molecular complexity index is 1120. The molecule has 4 heteroatoms. The second-order valence-corrected chi connectivity index (χ2v) is 6.50. The molecule has 0 N–H and O–H groups in total. The van der Waals surface area contributed by atoms with Crippen LogP contribution >= 0.6 is 0 Å². The van der Waals surface area contributed by atoms with Crippen LogP contribution in [0.1, 0.15) is 27.8 Å². The van der Waals surface area contributed by atoms with E-state index in [-0.39, 0.29) is 6.61 Å². The van der Waals surface area contributed by atoms with Crippen molar-refractivity contribution in [3.8, 4) is 23.6 Å². The number of allylic oxidation sites excluding steroid dienone is 1. The van der Waals surface area contributed by atoms with Crippen molar-refractivity contribution in [3.05, 3.63) is 94.5 Å². The summed E-state index contributed by atoms with van der Waals surface area (Å²) in [7, 11) is 1.57. The molecule has 0 aromatic heterocycles. The molecule has 3 rings (SSSR count). The van der Waals surface area contributed by atoms with Gasteiger partial charge in [0.15, 0.2) is 11.5 Å². The fourth-order valence-corrected chi connectivity index (χ4v) is 2.88. The quantitative estimate of drug-likeness (QED) is 0.417. The van der Waals surface area contributed by atoms with Crippen LogP contribution in [-0.2, 0) is 6.61 Å². The third-order valence-electron chi connectivity index (χ3n) is 4.50. The van der Waals surface area contributed by atoms with E-state index in [1.165, 1.54) is 0 Å². The van der Waals surface area contributed by atoms with Crippen LogP contribution in [0.3, 0.4) is 0 Å². The second-order valence-electron chi connectivity index (χ2n) is 6.50. The van der Waals surface area contributed by atoms with Gasteiger partial charge in [-0.15, -0.1) is 0 Å². The molecule has 0 spiro atoms. The Morgan fingerprint density at radius 3 is 2.41 bits per heavy atom. The number of rotatable bonds is 6. The van der Waals surface area contributed by atoms with E-state index in [2.05, 4.69) is 12.1 Å². The third-order valence-corrected chi connectivity index (χ3v) is 4.50. The Morgan fingerprint density at radius 1 is 0.966 bits per heavy atom. The highest BCUT2D eigenvalue weighted by atomic mass is 16.5. The van der Waals surface area contributed by atoms with Crippen molar-refractivity contribution in [3.63, 3.8) is 0 Å². The molecular formula is C25H20N2O2. The molecule has 0 radical (unpaired) electrons. The van der Waals surface area contributed by atoms with Gasteiger partial charge in [0.1, 0.15) is 6.61 Å². The van der Waals surface area contributed by atoms with Crippen molar-refractivity contribution in [1.29, 1.82) is 10.5 Å². The zero-order valence-electron chi connectivity index (χ0n) is 16.3. The molecule has 0 bridgehead atoms. The van der Waals surface area contributed by atoms with E-state index >= 15 is 0 Å². The normalized spacial score (nSPS) is 10.7. The van der Waals surface area contributed by atoms with Gasteiger partial charge in [-0.2, -0.15) is 10.5 Å². The van der Waals surface area contributed by atoms with Crippen molar-refractivity contribution >= 4 is 11.6 Å². The predicted octanol–water partition coefficient (Wildman–Crippen LogP) is 5.52. The molecule has 142 valence electrons. The molecular weight excluding hydrogens is 360 g/mol. The number of hydrogen-bond donors (Lipinski definition) is 0. The second kappa shape index (κ2) is 9.26. The van der Waals surface area contributed by atoms with Gasteiger partial charge in [0.05, 0.1) is 30.4 Å². The molecule has 0 aliphatic carbocycles. The number of ether oxygens (including phenoxy) is 2. The van der Waals surface area contributed by atoms with Crippen LogP contribution in [0.5, 0.6) is 11.5 Å². The summed E-state index contributed by atoms with van der Waals surface area (Å²) < 4.78 is 11.3. The van der Waals surface area contributed by atoms with E-state index in [1.807, 2.05) is 73.7 Å². The summed E-state index contributed by atoms with van der Waals surface area (Å²) in [5.74, 6) is 1.14. The fourth-order valence-electron chi connectivity index (χ4n) is 2.88. The first-order valence-corrected chi connectivity index (χ1v) is 9.12. The summed E-state index contributed by atoms with van der Waals surface area (Å²) in [5, 5.41) is 18.8. The lowest BCUT2D eigenvalue weighted by molar-refractivity contribution is 0.284. The molecule has 4 nitrogen and oxygen atoms in total. The van der Waals surface area contributed by atoms with E-state index in [4.69, 9.17) is 9.47 Å². The van der Waals surface area contributed by atoms with Gasteiger partial charge in [-0.05, 0) is 42.3 Å². The SMILES string of the molecule is COc1cc(/C=C(/C#N)c2ccc(C)cc2)ccc1OCc1ccccc1C#N. The highest BCUT2D eigenvalue weighted by Crippen LogP contribution is 2.30. The zero-order valence-corrected chi connectivity index (χ0v) is 16.3. The lowest BCUT2D eigenvalue weighted by Crippen LogP contribution is -2.00. The number of nitriles is 2. The van der Waals surface area contributed by atoms with E-state index in [1.54, 1.807) is 13.2 Å². The van der Waals surface area contributed by atoms with Gasteiger partial charge in [0.2, 0.25) is 0 Å². The number of hydrogen-bond acceptors (Lipinski definition) is 4. The standard InChI is InChI=1S/C25H20N2O2/c1-18-7-10-20(11-8-18)23(16-27)13-19-9-12-24(25(14-19)28-2)29-17-22-6-4-3-5-21(22)15-26/h3-14H,17H2,1-2H3/b23-13-. The van der Waals surface area contributed by atoms with Crippen molar-refractivity contribution in [2.45, 2.75) is 13.5 Å². The average molecular weight is 380 g/mol. The first-order valence-electron chi connectivity index (χ1n) is 9.12. The van der Waals surface area contributed by atoms with Crippen LogP contribution in [0.25, 0.3) is 11.6 Å². The van der Waals surface area contributed by atoms with E-state index in [0.29, 0.717) is 22.6 Å². The van der Waals surface area contributed by atoms with Crippen molar-refractivity contribution < 1.29 is 9.47 Å². The minimum absolute atomic E-state index is 0.266. The summed E-state index contributed by atoms with van der Waals surface area (Å²) in [6.45, 7) is 2.28. The Kier molecular flexibility index (Phi) is 6.30. The first-order chi connectivity index (χ1) is 14.1. The van der Waals surface area contributed by atoms with Gasteiger partial charge in [0, 0.05) is 5.56 Å². The highest BCUT2D eigenvalue weighted by Gasteiger charge is 2.09. The Morgan fingerprint density at radius 2 is 1.72 bits per heavy atom. The van der Waals surface area contributed by atoms with E-state index < -0.39 is 0 Å². The maximum absolute atomic E-state index is 9.55. The largest absolute Gasteiger partial charge is 0.493 e. The minimum Gasteiger partial charge on any atom is -0.493 e. The molecule has 29 heavy (non-hydrogen) atoms. The Hall–Kier alpha value is -4.02. The molecule has 3 aromatic rings. The van der Waals surface area contributed by atoms with Crippen LogP contribution in [0.15, 0.2) is 66.7 Å². The predicted molar refractivity (Wildman–Crippen MR) is 113 cm³/mol. The fraction of sp³-hybridized carbons (Fsp3) is 0.120. The van der Waals surface area contributed by atoms with Crippen molar-refractivity contribution in [2.75, 3.05) is 7.11 Å². The van der Waals surface area contributed by atoms with Crippen LogP contribution in [0.2, 0.25) is 0 Å². The number of nitrogens with zero attached hydrogens (tertiary/aromatic N) is 2. The topological polar surface area (TPSA) is 66.0 Å². The van der Waals surface area contributed by atoms with Gasteiger partial charge in [0.25, 0.3) is 0 Å². The van der Waals surface area contributed by atoms with Crippen LogP contribution in [0, 0.1) is 29.6 Å². The highest BCUT2D eigenvalue weighted by molar-refractivity contribution is 5.89. The van der Waals surface area contributed by atoms with Crippen LogP contribution in [-0.4, -0.2) is 7.11 Å². The third kappa shape index (κ3) is 4.83. The van der Waals surface area contributed by atoms with Gasteiger partial charge in [-0.3, -0.25) is 0 Å². The van der Waals surface area contributed by atoms with Gasteiger partial charge in [-0.1, -0.05) is 54.1 Å². The Labute approximate surface area is 170 Å². The molecule has 0 aliphatic rings. The lowest BCUT2D eigenvalue weighted by atomic mass is 10.0. The van der Waals surface area contributed by atoms with E-state index in [9.17, 15) is 10.5 Å². The summed E-state index contributed by atoms with van der Waals surface area (Å²) in [4.78, 5) is 0. The molecule has 0 amide bonds. The first kappa shape index (κ1) is 19.7. The van der Waals surface area contributed by atoms with Gasteiger partial charge < -0.3 is 9.47 Å². The summed E-state index contributed by atoms with van der Waals surface area (Å²) in [5.41, 5.74) is 4.82. The maximum atomic E-state index is 9.55. The van der Waals surface area contributed by atoms with Crippen LogP contribution in [0.4, 0.5) is 0 Å². The smallest absolute Gasteiger partial charge is 0.161 e. The summed E-state index contributed by atoms with van der Waals surface area (Å²) >= 11 is 0. The lowest BCUT2D eigenvalue weighted by Gasteiger charge is -2.12. The number of benzene rings is 3. The molecule has 0 unspecified atom stereocenters. The number of methoxy groups -OCH3 is 1. The summed E-state index contributed by atoms with van der Waals surface area (Å²) in [6.07, 6.45) is 1.82. The number of aryl methyl sites for hydroxylation is 1. The molecule has 0 aliphatic heterocycles. The monoisotopic (exact) mass is 380 g/mol. The van der Waals surface area contributed by atoms with Crippen LogP contribution < -0.4 is 9.47 Å². The van der Waals surface area contributed by atoms with Crippen molar-refractivity contribution in [2.24, 2.45) is 0 Å².